The number of ether oxygens (including phenoxy) is 2. The van der Waals surface area contributed by atoms with E-state index in [-0.39, 0.29) is 0 Å². The highest BCUT2D eigenvalue weighted by molar-refractivity contribution is 5.98. The van der Waals surface area contributed by atoms with E-state index in [2.05, 4.69) is 5.92 Å². The largest absolute Gasteiger partial charge is 0.422 e. The molecule has 2 rings (SSSR count). The van der Waals surface area contributed by atoms with Crippen LogP contribution in [0.1, 0.15) is 25.3 Å². The Morgan fingerprint density at radius 1 is 1.16 bits per heavy atom. The lowest BCUT2D eigenvalue weighted by Gasteiger charge is -2.34. The van der Waals surface area contributed by atoms with Gasteiger partial charge in [0.25, 0.3) is 5.79 Å². The minimum Gasteiger partial charge on any atom is -0.422 e. The van der Waals surface area contributed by atoms with Crippen molar-refractivity contribution in [2.75, 3.05) is 0 Å². The zero-order chi connectivity index (χ0) is 14.0. The standard InChI is InChI=1S/C15H14O4/c1-4-11(10-8-6-5-7-9-10)12-13(16)18-15(2,3)19-14(12)17/h1,5-9,11-12H,2-3H3/t11-/m0/s1. The number of hydrogen-bond acceptors (Lipinski definition) is 4. The molecule has 0 saturated carbocycles. The van der Waals surface area contributed by atoms with Crippen molar-refractivity contribution in [3.8, 4) is 12.3 Å². The first-order valence-electron chi connectivity index (χ1n) is 5.91. The van der Waals surface area contributed by atoms with Gasteiger partial charge in [0.1, 0.15) is 0 Å². The number of carbonyl (C=O) groups excluding carboxylic acids is 2. The summed E-state index contributed by atoms with van der Waals surface area (Å²) in [5.74, 6) is -1.85. The molecule has 1 aromatic rings. The van der Waals surface area contributed by atoms with Gasteiger partial charge in [-0.05, 0) is 5.56 Å². The highest BCUT2D eigenvalue weighted by Gasteiger charge is 2.47. The summed E-state index contributed by atoms with van der Waals surface area (Å²) in [5.41, 5.74) is 0.712. The molecule has 19 heavy (non-hydrogen) atoms. The Balaban J connectivity index is 2.33. The van der Waals surface area contributed by atoms with Crippen LogP contribution < -0.4 is 0 Å². The predicted molar refractivity (Wildman–Crippen MR) is 67.8 cm³/mol. The van der Waals surface area contributed by atoms with E-state index in [0.29, 0.717) is 5.56 Å². The van der Waals surface area contributed by atoms with Gasteiger partial charge in [0.05, 0.1) is 5.92 Å². The first-order chi connectivity index (χ1) is 8.94. The summed E-state index contributed by atoms with van der Waals surface area (Å²) in [6, 6.07) is 8.96. The summed E-state index contributed by atoms with van der Waals surface area (Å²) in [4.78, 5) is 24.0. The predicted octanol–water partition coefficient (Wildman–Crippen LogP) is 1.86. The molecular formula is C15H14O4. The number of cyclic esters (lactones) is 2. The summed E-state index contributed by atoms with van der Waals surface area (Å²) in [5, 5.41) is 0. The molecular weight excluding hydrogens is 244 g/mol. The molecule has 1 heterocycles. The third kappa shape index (κ3) is 2.60. The molecule has 0 amide bonds. The fourth-order valence-electron chi connectivity index (χ4n) is 2.05. The molecule has 0 spiro atoms. The molecule has 0 radical (unpaired) electrons. The highest BCUT2D eigenvalue weighted by Crippen LogP contribution is 2.32. The Morgan fingerprint density at radius 3 is 2.16 bits per heavy atom. The minimum absolute atomic E-state index is 0.645. The molecule has 0 unspecified atom stereocenters. The second-order valence-corrected chi connectivity index (χ2v) is 4.77. The van der Waals surface area contributed by atoms with Crippen LogP contribution in [0.3, 0.4) is 0 Å². The molecule has 1 aliphatic rings. The molecule has 98 valence electrons. The van der Waals surface area contributed by atoms with E-state index in [0.717, 1.165) is 0 Å². The Labute approximate surface area is 111 Å². The molecule has 0 aliphatic carbocycles. The van der Waals surface area contributed by atoms with Crippen molar-refractivity contribution in [1.29, 1.82) is 0 Å². The Hall–Kier alpha value is -2.28. The first-order valence-corrected chi connectivity index (χ1v) is 5.91. The Kier molecular flexibility index (Phi) is 3.30. The molecule has 1 atom stereocenters. The lowest BCUT2D eigenvalue weighted by atomic mass is 9.86. The molecule has 0 N–H and O–H groups in total. The Bertz CT molecular complexity index is 519. The molecule has 1 fully saturated rings. The molecule has 4 heteroatoms. The van der Waals surface area contributed by atoms with Crippen molar-refractivity contribution in [2.24, 2.45) is 5.92 Å². The van der Waals surface area contributed by atoms with Crippen LogP contribution in [0, 0.1) is 18.3 Å². The van der Waals surface area contributed by atoms with Gasteiger partial charge in [-0.3, -0.25) is 9.59 Å². The number of benzene rings is 1. The Morgan fingerprint density at radius 2 is 1.68 bits per heavy atom. The van der Waals surface area contributed by atoms with Crippen LogP contribution in [0.2, 0.25) is 0 Å². The van der Waals surface area contributed by atoms with Gasteiger partial charge in [-0.15, -0.1) is 6.42 Å². The maximum Gasteiger partial charge on any atom is 0.325 e. The van der Waals surface area contributed by atoms with Crippen LogP contribution in [0.15, 0.2) is 30.3 Å². The zero-order valence-corrected chi connectivity index (χ0v) is 10.8. The van der Waals surface area contributed by atoms with E-state index in [1.54, 1.807) is 24.3 Å². The van der Waals surface area contributed by atoms with E-state index >= 15 is 0 Å². The average Bonchev–Trinajstić information content (AvgIpc) is 2.33. The van der Waals surface area contributed by atoms with Crippen molar-refractivity contribution in [3.05, 3.63) is 35.9 Å². The summed E-state index contributed by atoms with van der Waals surface area (Å²) in [6.45, 7) is 3.01. The van der Waals surface area contributed by atoms with E-state index in [9.17, 15) is 9.59 Å². The van der Waals surface area contributed by atoms with Crippen molar-refractivity contribution in [3.63, 3.8) is 0 Å². The normalized spacial score (nSPS) is 20.1. The third-order valence-electron chi connectivity index (χ3n) is 2.87. The van der Waals surface area contributed by atoms with E-state index in [4.69, 9.17) is 15.9 Å². The average molecular weight is 258 g/mol. The number of carbonyl (C=O) groups is 2. The number of hydrogen-bond donors (Lipinski definition) is 0. The van der Waals surface area contributed by atoms with Crippen LogP contribution in [0.4, 0.5) is 0 Å². The topological polar surface area (TPSA) is 52.6 Å². The second-order valence-electron chi connectivity index (χ2n) is 4.77. The molecule has 0 bridgehead atoms. The molecule has 1 saturated heterocycles. The lowest BCUT2D eigenvalue weighted by Crippen LogP contribution is -2.48. The first kappa shape index (κ1) is 13.2. The molecule has 1 aromatic carbocycles. The van der Waals surface area contributed by atoms with E-state index < -0.39 is 29.6 Å². The number of rotatable bonds is 2. The van der Waals surface area contributed by atoms with Crippen LogP contribution in [0.5, 0.6) is 0 Å². The van der Waals surface area contributed by atoms with Gasteiger partial charge < -0.3 is 9.47 Å². The van der Waals surface area contributed by atoms with Crippen LogP contribution in [0.25, 0.3) is 0 Å². The van der Waals surface area contributed by atoms with Crippen LogP contribution in [-0.4, -0.2) is 17.7 Å². The van der Waals surface area contributed by atoms with Gasteiger partial charge in [0.15, 0.2) is 5.92 Å². The summed E-state index contributed by atoms with van der Waals surface area (Å²) >= 11 is 0. The zero-order valence-electron chi connectivity index (χ0n) is 10.8. The van der Waals surface area contributed by atoms with Crippen molar-refractivity contribution < 1.29 is 19.1 Å². The second kappa shape index (κ2) is 4.77. The quantitative estimate of drug-likeness (QED) is 0.461. The van der Waals surface area contributed by atoms with Gasteiger partial charge in [-0.1, -0.05) is 36.3 Å². The molecule has 0 aromatic heterocycles. The SMILES string of the molecule is C#C[C@@H](c1ccccc1)C1C(=O)OC(C)(C)OC1=O. The summed E-state index contributed by atoms with van der Waals surface area (Å²) in [7, 11) is 0. The fourth-order valence-corrected chi connectivity index (χ4v) is 2.05. The van der Waals surface area contributed by atoms with E-state index in [1.807, 2.05) is 6.07 Å². The number of esters is 2. The fraction of sp³-hybridized carbons (Fsp3) is 0.333. The van der Waals surface area contributed by atoms with Crippen molar-refractivity contribution in [1.82, 2.24) is 0 Å². The molecule has 1 aliphatic heterocycles. The lowest BCUT2D eigenvalue weighted by molar-refractivity contribution is -0.240. The van der Waals surface area contributed by atoms with E-state index in [1.165, 1.54) is 13.8 Å². The maximum absolute atomic E-state index is 12.0. The highest BCUT2D eigenvalue weighted by atomic mass is 16.7. The van der Waals surface area contributed by atoms with Crippen LogP contribution in [-0.2, 0) is 19.1 Å². The third-order valence-corrected chi connectivity index (χ3v) is 2.87. The minimum atomic E-state index is -1.24. The number of terminal acetylenes is 1. The smallest absolute Gasteiger partial charge is 0.325 e. The van der Waals surface area contributed by atoms with Gasteiger partial charge in [-0.2, -0.15) is 0 Å². The summed E-state index contributed by atoms with van der Waals surface area (Å²) < 4.78 is 10.2. The van der Waals surface area contributed by atoms with Crippen molar-refractivity contribution in [2.45, 2.75) is 25.6 Å². The van der Waals surface area contributed by atoms with Gasteiger partial charge >= 0.3 is 11.9 Å². The van der Waals surface area contributed by atoms with Gasteiger partial charge in [0.2, 0.25) is 0 Å². The van der Waals surface area contributed by atoms with Gasteiger partial charge in [0, 0.05) is 13.8 Å². The van der Waals surface area contributed by atoms with Crippen molar-refractivity contribution >= 4 is 11.9 Å². The van der Waals surface area contributed by atoms with Crippen LogP contribution >= 0.6 is 0 Å². The summed E-state index contributed by atoms with van der Waals surface area (Å²) in [6.07, 6.45) is 5.46. The van der Waals surface area contributed by atoms with Gasteiger partial charge in [-0.25, -0.2) is 0 Å². The monoisotopic (exact) mass is 258 g/mol. The maximum atomic E-state index is 12.0. The molecule has 4 nitrogen and oxygen atoms in total.